The van der Waals surface area contributed by atoms with Gasteiger partial charge in [0.15, 0.2) is 5.03 Å². The molecule has 1 atom stereocenters. The highest BCUT2D eigenvalue weighted by atomic mass is 32.2. The number of rotatable bonds is 4. The van der Waals surface area contributed by atoms with Crippen molar-refractivity contribution in [1.29, 1.82) is 0 Å². The van der Waals surface area contributed by atoms with Gasteiger partial charge in [-0.15, -0.1) is 4.36 Å². The van der Waals surface area contributed by atoms with Gasteiger partial charge in [-0.2, -0.15) is 5.10 Å². The Kier molecular flexibility index (Phi) is 4.81. The van der Waals surface area contributed by atoms with Crippen molar-refractivity contribution in [3.05, 3.63) is 59.4 Å². The van der Waals surface area contributed by atoms with Crippen LogP contribution in [0, 0.1) is 0 Å². The quantitative estimate of drug-likeness (QED) is 0.709. The Hall–Kier alpha value is -2.87. The lowest BCUT2D eigenvalue weighted by molar-refractivity contribution is 0.260. The van der Waals surface area contributed by atoms with Gasteiger partial charge in [0.25, 0.3) is 0 Å². The Bertz CT molecular complexity index is 1040. The van der Waals surface area contributed by atoms with Crippen LogP contribution in [0.3, 0.4) is 0 Å². The highest BCUT2D eigenvalue weighted by molar-refractivity contribution is 7.75. The topological polar surface area (TPSA) is 88.4 Å². The number of fused-ring (bicyclic) bond motifs is 1. The number of dihydropyridines is 1. The van der Waals surface area contributed by atoms with Gasteiger partial charge >= 0.3 is 6.03 Å². The summed E-state index contributed by atoms with van der Waals surface area (Å²) in [5.41, 5.74) is 5.14. The standard InChI is InChI=1S/C19H21N5O2S/c1-2-24-12-9-17(22-24)27(26)23-19(25)21-18-15-5-3-13(15)4-6-16(18)14-7-10-20-11-8-14/h4,6-10,12,20,27H,2-3,5,11H2,1H3,(H,21,25). The van der Waals surface area contributed by atoms with Crippen LogP contribution in [0.2, 0.25) is 0 Å². The third kappa shape index (κ3) is 3.52. The number of hydrogen-bond acceptors (Lipinski definition) is 4. The van der Waals surface area contributed by atoms with E-state index in [4.69, 9.17) is 0 Å². The minimum absolute atomic E-state index is 0.312. The first-order chi connectivity index (χ1) is 13.2. The number of urea groups is 1. The van der Waals surface area contributed by atoms with Crippen molar-refractivity contribution in [2.24, 2.45) is 4.36 Å². The average Bonchev–Trinajstić information content (AvgIpc) is 3.13. The van der Waals surface area contributed by atoms with Crippen molar-refractivity contribution in [2.75, 3.05) is 11.9 Å². The van der Waals surface area contributed by atoms with E-state index >= 15 is 0 Å². The molecule has 140 valence electrons. The summed E-state index contributed by atoms with van der Waals surface area (Å²) in [6, 6.07) is 5.15. The fourth-order valence-corrected chi connectivity index (χ4v) is 3.93. The Labute approximate surface area is 159 Å². The summed E-state index contributed by atoms with van der Waals surface area (Å²) < 4.78 is 17.8. The molecule has 7 nitrogen and oxygen atoms in total. The van der Waals surface area contributed by atoms with Gasteiger partial charge in [0.1, 0.15) is 0 Å². The molecule has 0 bridgehead atoms. The third-order valence-electron chi connectivity index (χ3n) is 4.75. The van der Waals surface area contributed by atoms with Gasteiger partial charge in [0, 0.05) is 24.8 Å². The molecule has 8 heteroatoms. The van der Waals surface area contributed by atoms with Crippen molar-refractivity contribution in [2.45, 2.75) is 31.3 Å². The zero-order valence-electron chi connectivity index (χ0n) is 15.0. The molecule has 2 amide bonds. The monoisotopic (exact) mass is 383 g/mol. The minimum atomic E-state index is -2.23. The molecular weight excluding hydrogens is 362 g/mol. The molecule has 2 heterocycles. The number of carbonyl (C=O) groups excluding carboxylic acids is 1. The zero-order chi connectivity index (χ0) is 18.8. The normalized spacial score (nSPS) is 16.1. The Morgan fingerprint density at radius 3 is 2.93 bits per heavy atom. The van der Waals surface area contributed by atoms with Crippen LogP contribution in [-0.4, -0.2) is 26.6 Å². The number of anilines is 1. The second kappa shape index (κ2) is 7.40. The number of carbonyl (C=O) groups is 1. The van der Waals surface area contributed by atoms with Crippen molar-refractivity contribution >= 4 is 27.9 Å². The first kappa shape index (κ1) is 17.5. The summed E-state index contributed by atoms with van der Waals surface area (Å²) in [7, 11) is -2.23. The van der Waals surface area contributed by atoms with Gasteiger partial charge in [-0.1, -0.05) is 18.2 Å². The Balaban J connectivity index is 1.62. The van der Waals surface area contributed by atoms with E-state index in [9.17, 15) is 9.00 Å². The van der Waals surface area contributed by atoms with Crippen LogP contribution in [0.15, 0.2) is 52.1 Å². The van der Waals surface area contributed by atoms with E-state index in [1.165, 1.54) is 5.56 Å². The first-order valence-corrected chi connectivity index (χ1v) is 10.2. The summed E-state index contributed by atoms with van der Waals surface area (Å²) in [5, 5.41) is 10.5. The van der Waals surface area contributed by atoms with E-state index < -0.39 is 16.6 Å². The van der Waals surface area contributed by atoms with Crippen molar-refractivity contribution < 1.29 is 9.00 Å². The molecule has 1 aliphatic carbocycles. The predicted octanol–water partition coefficient (Wildman–Crippen LogP) is 2.76. The van der Waals surface area contributed by atoms with Crippen LogP contribution < -0.4 is 10.6 Å². The molecule has 4 rings (SSSR count). The number of aryl methyl sites for hydroxylation is 2. The van der Waals surface area contributed by atoms with E-state index in [1.54, 1.807) is 16.9 Å². The molecular formula is C19H21N5O2S. The fraction of sp³-hybridized carbons (Fsp3) is 0.263. The van der Waals surface area contributed by atoms with Crippen molar-refractivity contribution in [3.63, 3.8) is 0 Å². The van der Waals surface area contributed by atoms with E-state index in [1.807, 2.05) is 25.3 Å². The summed E-state index contributed by atoms with van der Waals surface area (Å²) in [5.74, 6) is 0. The summed E-state index contributed by atoms with van der Waals surface area (Å²) in [4.78, 5) is 12.4. The number of benzene rings is 1. The molecule has 1 aromatic heterocycles. The van der Waals surface area contributed by atoms with Crippen LogP contribution in [0.25, 0.3) is 5.57 Å². The molecule has 2 aromatic rings. The second-order valence-corrected chi connectivity index (χ2v) is 7.56. The van der Waals surface area contributed by atoms with E-state index in [0.717, 1.165) is 41.8 Å². The molecule has 1 unspecified atom stereocenters. The van der Waals surface area contributed by atoms with Crippen molar-refractivity contribution in [3.8, 4) is 0 Å². The van der Waals surface area contributed by atoms with Crippen molar-refractivity contribution in [1.82, 2.24) is 15.1 Å². The maximum absolute atomic E-state index is 12.4. The molecule has 1 aromatic carbocycles. The van der Waals surface area contributed by atoms with Crippen LogP contribution in [0.5, 0.6) is 0 Å². The molecule has 27 heavy (non-hydrogen) atoms. The number of allylic oxidation sites excluding steroid dienone is 2. The smallest absolute Gasteiger partial charge is 0.353 e. The molecule has 0 radical (unpaired) electrons. The summed E-state index contributed by atoms with van der Waals surface area (Å²) >= 11 is 0. The lowest BCUT2D eigenvalue weighted by atomic mass is 9.83. The molecule has 0 saturated heterocycles. The van der Waals surface area contributed by atoms with Gasteiger partial charge in [0.2, 0.25) is 0 Å². The van der Waals surface area contributed by atoms with Crippen LogP contribution in [0.4, 0.5) is 10.5 Å². The number of nitrogens with one attached hydrogen (secondary N) is 2. The molecule has 0 spiro atoms. The van der Waals surface area contributed by atoms with Gasteiger partial charge in [-0.05, 0) is 54.8 Å². The SMILES string of the molecule is CCn1ccc(/[SH](=O)=N/C(=O)Nc2c(C3=CCNC=C3)ccc3c2CC3)n1. The molecule has 2 aliphatic rings. The molecule has 0 saturated carbocycles. The van der Waals surface area contributed by atoms with Crippen LogP contribution in [0.1, 0.15) is 23.6 Å². The van der Waals surface area contributed by atoms with Gasteiger partial charge in [-0.25, -0.2) is 9.00 Å². The summed E-state index contributed by atoms with van der Waals surface area (Å²) in [6.07, 6.45) is 9.60. The predicted molar refractivity (Wildman–Crippen MR) is 106 cm³/mol. The van der Waals surface area contributed by atoms with Gasteiger partial charge < -0.3 is 10.6 Å². The van der Waals surface area contributed by atoms with Gasteiger partial charge in [-0.3, -0.25) is 4.68 Å². The molecule has 1 aliphatic heterocycles. The third-order valence-corrected chi connectivity index (χ3v) is 5.74. The van der Waals surface area contributed by atoms with E-state index in [0.29, 0.717) is 11.6 Å². The fourth-order valence-electron chi connectivity index (χ4n) is 3.23. The lowest BCUT2D eigenvalue weighted by Crippen LogP contribution is -2.18. The Morgan fingerprint density at radius 2 is 2.26 bits per heavy atom. The molecule has 2 N–H and O–H groups in total. The number of amides is 2. The van der Waals surface area contributed by atoms with Crippen LogP contribution >= 0.6 is 0 Å². The van der Waals surface area contributed by atoms with E-state index in [-0.39, 0.29) is 0 Å². The maximum Gasteiger partial charge on any atom is 0.353 e. The highest BCUT2D eigenvalue weighted by Gasteiger charge is 2.22. The number of nitrogens with zero attached hydrogens (tertiary/aromatic N) is 3. The lowest BCUT2D eigenvalue weighted by Gasteiger charge is -2.25. The van der Waals surface area contributed by atoms with Crippen LogP contribution in [-0.2, 0) is 30.0 Å². The highest BCUT2D eigenvalue weighted by Crippen LogP contribution is 2.37. The Morgan fingerprint density at radius 1 is 1.37 bits per heavy atom. The number of aromatic nitrogens is 2. The summed E-state index contributed by atoms with van der Waals surface area (Å²) in [6.45, 7) is 3.35. The average molecular weight is 383 g/mol. The maximum atomic E-state index is 12.4. The first-order valence-electron chi connectivity index (χ1n) is 8.94. The largest absolute Gasteiger partial charge is 0.387 e. The number of thiol groups is 1. The van der Waals surface area contributed by atoms with E-state index in [2.05, 4.69) is 32.2 Å². The van der Waals surface area contributed by atoms with Gasteiger partial charge in [0.05, 0.1) is 16.3 Å². The second-order valence-electron chi connectivity index (χ2n) is 6.36. The molecule has 0 fully saturated rings. The number of hydrogen-bond donors (Lipinski definition) is 3. The minimum Gasteiger partial charge on any atom is -0.387 e. The zero-order valence-corrected chi connectivity index (χ0v) is 15.9.